The second kappa shape index (κ2) is 18.7. The number of hydrogen-bond donors (Lipinski definition) is 3. The molecule has 3 aromatic rings. The minimum absolute atomic E-state index is 0.0547. The fraction of sp³-hybridized carbons (Fsp3) is 0.429. The fourth-order valence-corrected chi connectivity index (χ4v) is 5.99. The lowest BCUT2D eigenvalue weighted by Gasteiger charge is -2.32. The van der Waals surface area contributed by atoms with Crippen LogP contribution in [0.15, 0.2) is 52.9 Å². The molecule has 4 rings (SSSR count). The van der Waals surface area contributed by atoms with Crippen LogP contribution in [0, 0.1) is 5.92 Å². The summed E-state index contributed by atoms with van der Waals surface area (Å²) >= 11 is 0. The van der Waals surface area contributed by atoms with Gasteiger partial charge in [-0.15, -0.1) is 4.89 Å². The zero-order valence-electron chi connectivity index (χ0n) is 29.1. The molecule has 1 aromatic heterocycles. The molecule has 51 heavy (non-hydrogen) atoms. The van der Waals surface area contributed by atoms with Gasteiger partial charge in [0.1, 0.15) is 23.9 Å². The first-order valence-electron chi connectivity index (χ1n) is 16.8. The highest BCUT2D eigenvalue weighted by molar-refractivity contribution is 7.32. The van der Waals surface area contributed by atoms with Crippen LogP contribution in [0.1, 0.15) is 73.8 Å². The number of carbonyl (C=O) groups is 4. The Labute approximate surface area is 297 Å². The van der Waals surface area contributed by atoms with Gasteiger partial charge in [-0.1, -0.05) is 33.1 Å². The summed E-state index contributed by atoms with van der Waals surface area (Å²) in [7, 11) is -0.995. The average Bonchev–Trinajstić information content (AvgIpc) is 3.61. The van der Waals surface area contributed by atoms with Crippen molar-refractivity contribution in [1.82, 2.24) is 15.7 Å². The van der Waals surface area contributed by atoms with E-state index in [-0.39, 0.29) is 29.5 Å². The number of carbonyl (C=O) groups excluding carboxylic acids is 4. The van der Waals surface area contributed by atoms with Crippen molar-refractivity contribution in [1.29, 1.82) is 0 Å². The summed E-state index contributed by atoms with van der Waals surface area (Å²) in [4.78, 5) is 68.6. The molecule has 16 heteroatoms. The van der Waals surface area contributed by atoms with E-state index in [0.29, 0.717) is 62.5 Å². The minimum Gasteiger partial charge on any atom is -0.494 e. The highest BCUT2D eigenvalue weighted by Gasteiger charge is 2.34. The van der Waals surface area contributed by atoms with Gasteiger partial charge in [-0.25, -0.2) is 9.32 Å². The van der Waals surface area contributed by atoms with Crippen LogP contribution in [-0.4, -0.2) is 73.7 Å². The molecule has 1 aliphatic rings. The standard InChI is InChI=1S/C35H43N4O11P/c1-5-8-9-10-27(28(6-2)39(22-40)49-35(43)23-11-12-29-32(19-23)47-16-15-38(29)4)33(41)36-21-37-34(42)31-14-13-30(48-31)24-17-25(46-7-3)20-26(18-24)50-51(44)45/h11-14,17-20,22,27-28H,5-10,15-16,21H2,1-4H3,(H2-,36,37,41,42,44,45)/p+1. The Hall–Kier alpha value is -5.14. The van der Waals surface area contributed by atoms with E-state index in [2.05, 4.69) is 10.6 Å². The SMILES string of the molecule is CCCCCC(C(=O)NCNC(=O)c1ccc(-c2cc(OCC)cc(O[P+](=O)O)c2)o1)C(CC)N(C=O)OC(=O)c1ccc2c(c1)OCCN2C. The summed E-state index contributed by atoms with van der Waals surface area (Å²) in [5.74, 6) is -1.38. The Morgan fingerprint density at radius 1 is 1.06 bits per heavy atom. The molecule has 3 atom stereocenters. The van der Waals surface area contributed by atoms with E-state index in [4.69, 9.17) is 23.3 Å². The minimum atomic E-state index is -2.92. The third kappa shape index (κ3) is 10.4. The van der Waals surface area contributed by atoms with Crippen LogP contribution in [0.3, 0.4) is 0 Å². The van der Waals surface area contributed by atoms with Crippen LogP contribution < -0.4 is 29.5 Å². The quantitative estimate of drug-likeness (QED) is 0.0482. The lowest BCUT2D eigenvalue weighted by atomic mass is 9.90. The number of hydrogen-bond acceptors (Lipinski definition) is 11. The number of anilines is 1. The number of unbranched alkanes of at least 4 members (excludes halogenated alkanes) is 2. The molecule has 0 radical (unpaired) electrons. The van der Waals surface area contributed by atoms with Crippen LogP contribution in [0.25, 0.3) is 11.3 Å². The number of furan rings is 1. The van der Waals surface area contributed by atoms with Crippen LogP contribution in [0.5, 0.6) is 17.2 Å². The van der Waals surface area contributed by atoms with Crippen molar-refractivity contribution in [2.24, 2.45) is 5.92 Å². The van der Waals surface area contributed by atoms with Crippen molar-refractivity contribution in [3.05, 3.63) is 59.9 Å². The maximum Gasteiger partial charge on any atom is 0.747 e. The molecule has 0 aliphatic carbocycles. The van der Waals surface area contributed by atoms with Gasteiger partial charge in [0, 0.05) is 23.2 Å². The molecule has 0 fully saturated rings. The number of ether oxygens (including phenoxy) is 2. The van der Waals surface area contributed by atoms with E-state index in [0.717, 1.165) is 23.6 Å². The number of nitrogens with one attached hydrogen (secondary N) is 2. The van der Waals surface area contributed by atoms with E-state index in [9.17, 15) is 28.6 Å². The summed E-state index contributed by atoms with van der Waals surface area (Å²) in [6.45, 7) is 6.87. The van der Waals surface area contributed by atoms with Gasteiger partial charge in [0.05, 0.1) is 43.0 Å². The summed E-state index contributed by atoms with van der Waals surface area (Å²) in [6, 6.07) is 11.7. The molecule has 274 valence electrons. The van der Waals surface area contributed by atoms with Crippen molar-refractivity contribution < 1.29 is 51.9 Å². The van der Waals surface area contributed by atoms with Gasteiger partial charge in [-0.05, 0) is 62.2 Å². The summed E-state index contributed by atoms with van der Waals surface area (Å²) in [5, 5.41) is 6.20. The first-order valence-corrected chi connectivity index (χ1v) is 17.9. The smallest absolute Gasteiger partial charge is 0.494 e. The van der Waals surface area contributed by atoms with Crippen molar-refractivity contribution >= 4 is 38.1 Å². The predicted octanol–water partition coefficient (Wildman–Crippen LogP) is 5.21. The third-order valence-corrected chi connectivity index (χ3v) is 8.62. The largest absolute Gasteiger partial charge is 0.747 e. The Kier molecular flexibility index (Phi) is 14.2. The van der Waals surface area contributed by atoms with E-state index in [1.807, 2.05) is 18.9 Å². The lowest BCUT2D eigenvalue weighted by Crippen LogP contribution is -2.49. The van der Waals surface area contributed by atoms with E-state index < -0.39 is 38.0 Å². The number of nitrogens with zero attached hydrogens (tertiary/aromatic N) is 2. The first kappa shape index (κ1) is 38.7. The highest BCUT2D eigenvalue weighted by Crippen LogP contribution is 2.35. The molecular weight excluding hydrogens is 683 g/mol. The molecule has 0 saturated carbocycles. The fourth-order valence-electron chi connectivity index (χ4n) is 5.71. The summed E-state index contributed by atoms with van der Waals surface area (Å²) < 4.78 is 33.1. The number of rotatable bonds is 19. The van der Waals surface area contributed by atoms with Crippen molar-refractivity contribution in [2.75, 3.05) is 38.4 Å². The van der Waals surface area contributed by atoms with Gasteiger partial charge in [-0.2, -0.15) is 5.06 Å². The maximum atomic E-state index is 13.6. The zero-order chi connectivity index (χ0) is 36.9. The van der Waals surface area contributed by atoms with Gasteiger partial charge in [0.25, 0.3) is 5.91 Å². The van der Waals surface area contributed by atoms with Crippen LogP contribution in [-0.2, 0) is 19.0 Å². The molecule has 0 bridgehead atoms. The number of fused-ring (bicyclic) bond motifs is 1. The van der Waals surface area contributed by atoms with Crippen molar-refractivity contribution in [3.8, 4) is 28.6 Å². The number of benzene rings is 2. The van der Waals surface area contributed by atoms with Crippen LogP contribution in [0.4, 0.5) is 5.69 Å². The number of likely N-dealkylation sites (N-methyl/N-ethyl adjacent to an activating group) is 1. The Morgan fingerprint density at radius 2 is 1.84 bits per heavy atom. The van der Waals surface area contributed by atoms with E-state index in [1.165, 1.54) is 18.2 Å². The molecule has 0 spiro atoms. The Bertz CT molecular complexity index is 1700. The van der Waals surface area contributed by atoms with Crippen LogP contribution >= 0.6 is 8.25 Å². The van der Waals surface area contributed by atoms with Gasteiger partial charge < -0.3 is 34.3 Å². The Balaban J connectivity index is 1.41. The topological polar surface area (TPSA) is 186 Å². The molecule has 3 unspecified atom stereocenters. The van der Waals surface area contributed by atoms with Gasteiger partial charge in [0.15, 0.2) is 11.5 Å². The number of amides is 3. The average molecular weight is 728 g/mol. The second-order valence-electron chi connectivity index (χ2n) is 11.7. The molecule has 3 N–H and O–H groups in total. The third-order valence-electron chi connectivity index (χ3n) is 8.25. The maximum absolute atomic E-state index is 13.6. The van der Waals surface area contributed by atoms with Crippen molar-refractivity contribution in [3.63, 3.8) is 0 Å². The molecule has 2 aromatic carbocycles. The van der Waals surface area contributed by atoms with E-state index in [1.54, 1.807) is 44.2 Å². The monoisotopic (exact) mass is 727 g/mol. The second-order valence-corrected chi connectivity index (χ2v) is 12.4. The van der Waals surface area contributed by atoms with E-state index >= 15 is 0 Å². The van der Waals surface area contributed by atoms with Gasteiger partial charge in [0.2, 0.25) is 12.3 Å². The molecule has 0 saturated heterocycles. The molecule has 15 nitrogen and oxygen atoms in total. The normalized spacial score (nSPS) is 13.5. The highest BCUT2D eigenvalue weighted by atomic mass is 31.1. The summed E-state index contributed by atoms with van der Waals surface area (Å²) in [5.41, 5.74) is 1.46. The molecular formula is C35H44N4O11P+. The summed E-state index contributed by atoms with van der Waals surface area (Å²) in [6.07, 6.45) is 3.55. The zero-order valence-corrected chi connectivity index (χ0v) is 30.0. The lowest BCUT2D eigenvalue weighted by molar-refractivity contribution is -0.171. The molecule has 1 aliphatic heterocycles. The number of hydroxylamine groups is 2. The van der Waals surface area contributed by atoms with Crippen molar-refractivity contribution in [2.45, 2.75) is 58.9 Å². The van der Waals surface area contributed by atoms with Gasteiger partial charge in [-0.3, -0.25) is 14.4 Å². The predicted molar refractivity (Wildman–Crippen MR) is 186 cm³/mol. The molecule has 2 heterocycles. The first-order chi connectivity index (χ1) is 24.6. The Morgan fingerprint density at radius 3 is 2.55 bits per heavy atom. The molecule has 3 amide bonds. The van der Waals surface area contributed by atoms with Crippen LogP contribution in [0.2, 0.25) is 0 Å². The van der Waals surface area contributed by atoms with Gasteiger partial charge >= 0.3 is 14.2 Å².